The third-order valence-corrected chi connectivity index (χ3v) is 3.55. The van der Waals surface area contributed by atoms with E-state index in [1.165, 1.54) is 18.9 Å². The Balaban J connectivity index is 1.87. The number of aliphatic hydroxyl groups excluding tert-OH is 1. The van der Waals surface area contributed by atoms with Gasteiger partial charge in [0, 0.05) is 12.6 Å². The van der Waals surface area contributed by atoms with Crippen LogP contribution >= 0.6 is 0 Å². The van der Waals surface area contributed by atoms with Gasteiger partial charge < -0.3 is 19.9 Å². The van der Waals surface area contributed by atoms with E-state index in [4.69, 9.17) is 9.52 Å². The van der Waals surface area contributed by atoms with Crippen LogP contribution in [-0.2, 0) is 6.54 Å². The van der Waals surface area contributed by atoms with E-state index < -0.39 is 5.97 Å². The fraction of sp³-hybridized carbons (Fsp3) is 0.615. The van der Waals surface area contributed by atoms with E-state index in [1.54, 1.807) is 6.07 Å². The number of aromatic carboxylic acids is 1. The Morgan fingerprint density at radius 3 is 2.83 bits per heavy atom. The van der Waals surface area contributed by atoms with E-state index in [0.717, 1.165) is 12.8 Å². The van der Waals surface area contributed by atoms with E-state index in [1.807, 2.05) is 0 Å². The number of carbonyl (C=O) groups is 1. The fourth-order valence-electron chi connectivity index (χ4n) is 2.51. The molecular formula is C13H19NO4. The predicted octanol–water partition coefficient (Wildman–Crippen LogP) is 1.62. The Morgan fingerprint density at radius 1 is 1.39 bits per heavy atom. The summed E-state index contributed by atoms with van der Waals surface area (Å²) in [5, 5.41) is 21.4. The zero-order valence-electron chi connectivity index (χ0n) is 10.3. The molecule has 0 aromatic carbocycles. The van der Waals surface area contributed by atoms with Gasteiger partial charge in [0.15, 0.2) is 0 Å². The summed E-state index contributed by atoms with van der Waals surface area (Å²) >= 11 is 0. The van der Waals surface area contributed by atoms with Crippen molar-refractivity contribution in [3.8, 4) is 0 Å². The summed E-state index contributed by atoms with van der Waals surface area (Å²) in [7, 11) is 0. The average Bonchev–Trinajstić information content (AvgIpc) is 2.85. The van der Waals surface area contributed by atoms with Crippen molar-refractivity contribution in [2.45, 2.75) is 38.3 Å². The molecule has 3 N–H and O–H groups in total. The van der Waals surface area contributed by atoms with Crippen LogP contribution in [0.1, 0.15) is 42.0 Å². The summed E-state index contributed by atoms with van der Waals surface area (Å²) in [6, 6.07) is 3.43. The van der Waals surface area contributed by atoms with Crippen LogP contribution in [0.2, 0.25) is 0 Å². The van der Waals surface area contributed by atoms with Gasteiger partial charge >= 0.3 is 5.97 Å². The molecule has 0 bridgehead atoms. The van der Waals surface area contributed by atoms with Crippen molar-refractivity contribution in [2.75, 3.05) is 6.61 Å². The first-order valence-corrected chi connectivity index (χ1v) is 6.37. The molecule has 0 aliphatic heterocycles. The number of furan rings is 1. The highest BCUT2D eigenvalue weighted by Crippen LogP contribution is 2.24. The molecule has 2 atom stereocenters. The van der Waals surface area contributed by atoms with Crippen LogP contribution in [0, 0.1) is 5.92 Å². The second-order valence-corrected chi connectivity index (χ2v) is 4.79. The van der Waals surface area contributed by atoms with Crippen LogP contribution in [0.5, 0.6) is 0 Å². The highest BCUT2D eigenvalue weighted by atomic mass is 16.4. The van der Waals surface area contributed by atoms with Gasteiger partial charge in [-0.1, -0.05) is 12.8 Å². The zero-order chi connectivity index (χ0) is 13.0. The van der Waals surface area contributed by atoms with Gasteiger partial charge in [0.25, 0.3) is 0 Å². The lowest BCUT2D eigenvalue weighted by molar-refractivity contribution is 0.0660. The standard InChI is InChI=1S/C13H19NO4/c15-8-9-3-1-2-4-11(9)14-7-10-5-6-12(18-10)13(16)17/h5-6,9,11,14-15H,1-4,7-8H2,(H,16,17). The minimum atomic E-state index is -1.05. The normalized spacial score (nSPS) is 24.1. The van der Waals surface area contributed by atoms with E-state index >= 15 is 0 Å². The SMILES string of the molecule is O=C(O)c1ccc(CNC2CCCCC2CO)o1. The Kier molecular flexibility index (Phi) is 4.38. The molecule has 1 saturated carbocycles. The van der Waals surface area contributed by atoms with Crippen molar-refractivity contribution in [3.05, 3.63) is 23.7 Å². The minimum Gasteiger partial charge on any atom is -0.475 e. The second kappa shape index (κ2) is 6.02. The van der Waals surface area contributed by atoms with E-state index in [0.29, 0.717) is 24.3 Å². The molecule has 0 radical (unpaired) electrons. The number of aliphatic hydroxyl groups is 1. The number of rotatable bonds is 5. The lowest BCUT2D eigenvalue weighted by atomic mass is 9.85. The van der Waals surface area contributed by atoms with Crippen molar-refractivity contribution < 1.29 is 19.4 Å². The van der Waals surface area contributed by atoms with Gasteiger partial charge in [0.2, 0.25) is 5.76 Å². The quantitative estimate of drug-likeness (QED) is 0.742. The number of nitrogens with one attached hydrogen (secondary N) is 1. The number of hydrogen-bond acceptors (Lipinski definition) is 4. The fourth-order valence-corrected chi connectivity index (χ4v) is 2.51. The first-order valence-electron chi connectivity index (χ1n) is 6.37. The van der Waals surface area contributed by atoms with E-state index in [2.05, 4.69) is 5.32 Å². The first-order chi connectivity index (χ1) is 8.70. The Bertz CT molecular complexity index is 401. The Labute approximate surface area is 106 Å². The molecule has 0 spiro atoms. The lowest BCUT2D eigenvalue weighted by Crippen LogP contribution is -2.39. The van der Waals surface area contributed by atoms with E-state index in [-0.39, 0.29) is 12.4 Å². The molecule has 0 amide bonds. The summed E-state index contributed by atoms with van der Waals surface area (Å²) < 4.78 is 5.18. The molecule has 2 rings (SSSR count). The maximum absolute atomic E-state index is 10.7. The van der Waals surface area contributed by atoms with Gasteiger partial charge in [0.05, 0.1) is 6.54 Å². The van der Waals surface area contributed by atoms with Gasteiger partial charge in [0.1, 0.15) is 5.76 Å². The van der Waals surface area contributed by atoms with Crippen LogP contribution in [0.4, 0.5) is 0 Å². The molecule has 100 valence electrons. The van der Waals surface area contributed by atoms with Gasteiger partial charge in [-0.05, 0) is 30.9 Å². The highest BCUT2D eigenvalue weighted by Gasteiger charge is 2.24. The second-order valence-electron chi connectivity index (χ2n) is 4.79. The summed E-state index contributed by atoms with van der Waals surface area (Å²) in [4.78, 5) is 10.7. The smallest absolute Gasteiger partial charge is 0.371 e. The van der Waals surface area contributed by atoms with Crippen LogP contribution in [0.15, 0.2) is 16.5 Å². The predicted molar refractivity (Wildman–Crippen MR) is 65.3 cm³/mol. The van der Waals surface area contributed by atoms with Crippen molar-refractivity contribution in [1.29, 1.82) is 0 Å². The van der Waals surface area contributed by atoms with Crippen LogP contribution in [0.25, 0.3) is 0 Å². The molecule has 1 heterocycles. The molecule has 1 fully saturated rings. The molecule has 2 unspecified atom stereocenters. The van der Waals surface area contributed by atoms with E-state index in [9.17, 15) is 9.90 Å². The molecule has 5 nitrogen and oxygen atoms in total. The molecule has 1 aromatic heterocycles. The van der Waals surface area contributed by atoms with Crippen LogP contribution < -0.4 is 5.32 Å². The summed E-state index contributed by atoms with van der Waals surface area (Å²) in [5.74, 6) is -0.163. The minimum absolute atomic E-state index is 0.0332. The molecule has 0 saturated heterocycles. The number of carboxylic acids is 1. The summed E-state index contributed by atoms with van der Waals surface area (Å²) in [5.41, 5.74) is 0. The first kappa shape index (κ1) is 13.1. The van der Waals surface area contributed by atoms with Crippen molar-refractivity contribution >= 4 is 5.97 Å². The summed E-state index contributed by atoms with van der Waals surface area (Å²) in [6.45, 7) is 0.713. The Morgan fingerprint density at radius 2 is 2.17 bits per heavy atom. The summed E-state index contributed by atoms with van der Waals surface area (Å²) in [6.07, 6.45) is 4.45. The molecule has 1 aromatic rings. The van der Waals surface area contributed by atoms with Gasteiger partial charge in [-0.2, -0.15) is 0 Å². The molecule has 18 heavy (non-hydrogen) atoms. The molecular weight excluding hydrogens is 234 g/mol. The van der Waals surface area contributed by atoms with Crippen LogP contribution in [-0.4, -0.2) is 28.8 Å². The van der Waals surface area contributed by atoms with Crippen molar-refractivity contribution in [1.82, 2.24) is 5.32 Å². The lowest BCUT2D eigenvalue weighted by Gasteiger charge is -2.30. The highest BCUT2D eigenvalue weighted by molar-refractivity contribution is 5.84. The molecule has 1 aliphatic carbocycles. The number of carboxylic acid groups (broad SMARTS) is 1. The van der Waals surface area contributed by atoms with Gasteiger partial charge in [-0.15, -0.1) is 0 Å². The van der Waals surface area contributed by atoms with Crippen LogP contribution in [0.3, 0.4) is 0 Å². The zero-order valence-corrected chi connectivity index (χ0v) is 10.3. The maximum Gasteiger partial charge on any atom is 0.371 e. The monoisotopic (exact) mass is 253 g/mol. The molecule has 1 aliphatic rings. The topological polar surface area (TPSA) is 82.7 Å². The third kappa shape index (κ3) is 3.11. The number of hydrogen-bond donors (Lipinski definition) is 3. The van der Waals surface area contributed by atoms with Gasteiger partial charge in [-0.25, -0.2) is 4.79 Å². The third-order valence-electron chi connectivity index (χ3n) is 3.55. The Hall–Kier alpha value is -1.33. The van der Waals surface area contributed by atoms with Crippen molar-refractivity contribution in [2.24, 2.45) is 5.92 Å². The van der Waals surface area contributed by atoms with Gasteiger partial charge in [-0.3, -0.25) is 0 Å². The largest absolute Gasteiger partial charge is 0.475 e. The molecule has 5 heteroatoms. The average molecular weight is 253 g/mol. The maximum atomic E-state index is 10.7. The van der Waals surface area contributed by atoms with Crippen molar-refractivity contribution in [3.63, 3.8) is 0 Å².